The fraction of sp³-hybridized carbons (Fsp3) is 0.444. The van der Waals surface area contributed by atoms with E-state index in [1.54, 1.807) is 0 Å². The topological polar surface area (TPSA) is 51.8 Å². The molecule has 3 nitrogen and oxygen atoms in total. The first-order chi connectivity index (χ1) is 10.3. The highest BCUT2D eigenvalue weighted by Crippen LogP contribution is 2.29. The van der Waals surface area contributed by atoms with E-state index in [0.717, 1.165) is 35.4 Å². The van der Waals surface area contributed by atoms with Crippen LogP contribution in [0.1, 0.15) is 48.1 Å². The van der Waals surface area contributed by atoms with Crippen LogP contribution in [0, 0.1) is 6.92 Å². The van der Waals surface area contributed by atoms with Crippen LogP contribution in [0.3, 0.4) is 0 Å². The van der Waals surface area contributed by atoms with Gasteiger partial charge in [0.1, 0.15) is 0 Å². The van der Waals surface area contributed by atoms with Crippen LogP contribution in [0.5, 0.6) is 0 Å². The van der Waals surface area contributed by atoms with Crippen molar-refractivity contribution >= 4 is 0 Å². The highest BCUT2D eigenvalue weighted by molar-refractivity contribution is 5.65. The van der Waals surface area contributed by atoms with Crippen molar-refractivity contribution in [3.05, 3.63) is 46.6 Å². The Hall–Kier alpha value is -1.74. The van der Waals surface area contributed by atoms with Gasteiger partial charge in [-0.05, 0) is 49.3 Å². The first kappa shape index (κ1) is 14.2. The van der Waals surface area contributed by atoms with Gasteiger partial charge in [-0.15, -0.1) is 5.10 Å². The van der Waals surface area contributed by atoms with E-state index in [1.165, 1.54) is 36.8 Å². The van der Waals surface area contributed by atoms with Crippen LogP contribution in [0.4, 0.5) is 0 Å². The Labute approximate surface area is 126 Å². The molecule has 0 fully saturated rings. The molecule has 0 saturated heterocycles. The molecule has 1 aromatic carbocycles. The van der Waals surface area contributed by atoms with Gasteiger partial charge < -0.3 is 5.73 Å². The standard InChI is InChI=1S/C18H23N3/c1-13-16-6-4-2-3-5-7-17(16)18(21-20-13)15-10-8-14(12-19)9-11-15/h8-11H,2-7,12,19H2,1H3. The van der Waals surface area contributed by atoms with E-state index >= 15 is 0 Å². The Morgan fingerprint density at radius 2 is 1.57 bits per heavy atom. The van der Waals surface area contributed by atoms with Crippen molar-refractivity contribution in [2.45, 2.75) is 52.0 Å². The lowest BCUT2D eigenvalue weighted by atomic mass is 9.90. The summed E-state index contributed by atoms with van der Waals surface area (Å²) in [5.41, 5.74) is 13.0. The van der Waals surface area contributed by atoms with Crippen LogP contribution < -0.4 is 5.73 Å². The minimum absolute atomic E-state index is 0.581. The van der Waals surface area contributed by atoms with Crippen LogP contribution in [-0.4, -0.2) is 10.2 Å². The zero-order valence-electron chi connectivity index (χ0n) is 12.7. The smallest absolute Gasteiger partial charge is 0.0964 e. The van der Waals surface area contributed by atoms with E-state index in [9.17, 15) is 0 Å². The molecule has 110 valence electrons. The molecular weight excluding hydrogens is 258 g/mol. The lowest BCUT2D eigenvalue weighted by molar-refractivity contribution is 0.610. The average molecular weight is 281 g/mol. The largest absolute Gasteiger partial charge is 0.326 e. The Bertz CT molecular complexity index is 617. The minimum Gasteiger partial charge on any atom is -0.326 e. The number of hydrogen-bond donors (Lipinski definition) is 1. The summed E-state index contributed by atoms with van der Waals surface area (Å²) in [6.45, 7) is 2.67. The van der Waals surface area contributed by atoms with Crippen LogP contribution in [-0.2, 0) is 19.4 Å². The van der Waals surface area contributed by atoms with Crippen molar-refractivity contribution in [1.82, 2.24) is 10.2 Å². The van der Waals surface area contributed by atoms with Gasteiger partial charge in [0.05, 0.1) is 11.4 Å². The summed E-state index contributed by atoms with van der Waals surface area (Å²) in [5, 5.41) is 8.92. The summed E-state index contributed by atoms with van der Waals surface area (Å²) >= 11 is 0. The quantitative estimate of drug-likeness (QED) is 0.915. The van der Waals surface area contributed by atoms with Gasteiger partial charge in [0, 0.05) is 12.1 Å². The van der Waals surface area contributed by atoms with E-state index < -0.39 is 0 Å². The van der Waals surface area contributed by atoms with Crippen molar-refractivity contribution in [3.8, 4) is 11.3 Å². The van der Waals surface area contributed by atoms with E-state index in [2.05, 4.69) is 41.4 Å². The molecular formula is C18H23N3. The molecule has 1 aliphatic rings. The highest BCUT2D eigenvalue weighted by atomic mass is 15.1. The predicted octanol–water partition coefficient (Wildman–Crippen LogP) is 3.57. The molecule has 0 bridgehead atoms. The fourth-order valence-corrected chi connectivity index (χ4v) is 3.20. The van der Waals surface area contributed by atoms with Gasteiger partial charge >= 0.3 is 0 Å². The summed E-state index contributed by atoms with van der Waals surface area (Å²) in [6, 6.07) is 8.43. The van der Waals surface area contributed by atoms with Crippen LogP contribution in [0.15, 0.2) is 24.3 Å². The van der Waals surface area contributed by atoms with Crippen molar-refractivity contribution in [3.63, 3.8) is 0 Å². The molecule has 21 heavy (non-hydrogen) atoms. The van der Waals surface area contributed by atoms with E-state index in [-0.39, 0.29) is 0 Å². The lowest BCUT2D eigenvalue weighted by Gasteiger charge is -2.18. The SMILES string of the molecule is Cc1nnc(-c2ccc(CN)cc2)c2c1CCCCCC2. The molecule has 1 aromatic heterocycles. The lowest BCUT2D eigenvalue weighted by Crippen LogP contribution is -2.08. The number of aromatic nitrogens is 2. The molecule has 0 amide bonds. The van der Waals surface area contributed by atoms with Crippen molar-refractivity contribution < 1.29 is 0 Å². The normalized spacial score (nSPS) is 15.1. The van der Waals surface area contributed by atoms with E-state index in [4.69, 9.17) is 5.73 Å². The molecule has 1 aliphatic carbocycles. The summed E-state index contributed by atoms with van der Waals surface area (Å²) in [4.78, 5) is 0. The third kappa shape index (κ3) is 2.98. The Balaban J connectivity index is 2.06. The Kier molecular flexibility index (Phi) is 4.30. The summed E-state index contributed by atoms with van der Waals surface area (Å²) in [7, 11) is 0. The van der Waals surface area contributed by atoms with Gasteiger partial charge in [0.2, 0.25) is 0 Å². The highest BCUT2D eigenvalue weighted by Gasteiger charge is 2.16. The maximum atomic E-state index is 5.68. The number of aryl methyl sites for hydroxylation is 1. The second kappa shape index (κ2) is 6.35. The molecule has 0 saturated carbocycles. The van der Waals surface area contributed by atoms with Crippen LogP contribution in [0.2, 0.25) is 0 Å². The van der Waals surface area contributed by atoms with Gasteiger partial charge in [-0.25, -0.2) is 0 Å². The van der Waals surface area contributed by atoms with Crippen molar-refractivity contribution in [2.75, 3.05) is 0 Å². The summed E-state index contributed by atoms with van der Waals surface area (Å²) in [5.74, 6) is 0. The molecule has 0 spiro atoms. The van der Waals surface area contributed by atoms with Crippen molar-refractivity contribution in [2.24, 2.45) is 5.73 Å². The van der Waals surface area contributed by atoms with Crippen molar-refractivity contribution in [1.29, 1.82) is 0 Å². The Morgan fingerprint density at radius 3 is 2.24 bits per heavy atom. The maximum absolute atomic E-state index is 5.68. The molecule has 0 atom stereocenters. The fourth-order valence-electron chi connectivity index (χ4n) is 3.20. The van der Waals surface area contributed by atoms with Gasteiger partial charge in [-0.3, -0.25) is 0 Å². The predicted molar refractivity (Wildman–Crippen MR) is 86.0 cm³/mol. The zero-order chi connectivity index (χ0) is 14.7. The third-order valence-electron chi connectivity index (χ3n) is 4.45. The number of nitrogens with two attached hydrogens (primary N) is 1. The van der Waals surface area contributed by atoms with Gasteiger partial charge in [-0.2, -0.15) is 5.10 Å². The monoisotopic (exact) mass is 281 g/mol. The minimum atomic E-state index is 0.581. The van der Waals surface area contributed by atoms with Crippen LogP contribution in [0.25, 0.3) is 11.3 Å². The maximum Gasteiger partial charge on any atom is 0.0964 e. The first-order valence-corrected chi connectivity index (χ1v) is 7.94. The van der Waals surface area contributed by atoms with Gasteiger partial charge in [0.25, 0.3) is 0 Å². The first-order valence-electron chi connectivity index (χ1n) is 7.94. The molecule has 0 aliphatic heterocycles. The second-order valence-electron chi connectivity index (χ2n) is 5.91. The second-order valence-corrected chi connectivity index (χ2v) is 5.91. The number of hydrogen-bond acceptors (Lipinski definition) is 3. The molecule has 1 heterocycles. The van der Waals surface area contributed by atoms with Crippen LogP contribution >= 0.6 is 0 Å². The third-order valence-corrected chi connectivity index (χ3v) is 4.45. The molecule has 0 radical (unpaired) electrons. The molecule has 0 unspecified atom stereocenters. The summed E-state index contributed by atoms with van der Waals surface area (Å²) in [6.07, 6.45) is 7.45. The van der Waals surface area contributed by atoms with Gasteiger partial charge in [0.15, 0.2) is 0 Å². The number of rotatable bonds is 2. The molecule has 3 heteroatoms. The Morgan fingerprint density at radius 1 is 0.905 bits per heavy atom. The molecule has 2 aromatic rings. The average Bonchev–Trinajstić information content (AvgIpc) is 2.49. The molecule has 2 N–H and O–H groups in total. The molecule has 3 rings (SSSR count). The number of nitrogens with zero attached hydrogens (tertiary/aromatic N) is 2. The summed E-state index contributed by atoms with van der Waals surface area (Å²) < 4.78 is 0. The number of benzene rings is 1. The van der Waals surface area contributed by atoms with E-state index in [0.29, 0.717) is 6.54 Å². The van der Waals surface area contributed by atoms with E-state index in [1.807, 2.05) is 0 Å². The van der Waals surface area contributed by atoms with Gasteiger partial charge in [-0.1, -0.05) is 37.1 Å². The zero-order valence-corrected chi connectivity index (χ0v) is 12.7. The number of fused-ring (bicyclic) bond motifs is 1.